The predicted octanol–water partition coefficient (Wildman–Crippen LogP) is 2.89. The van der Waals surface area contributed by atoms with E-state index in [1.807, 2.05) is 6.08 Å². The second-order valence-corrected chi connectivity index (χ2v) is 4.03. The zero-order valence-corrected chi connectivity index (χ0v) is 8.21. The van der Waals surface area contributed by atoms with Crippen LogP contribution in [0.3, 0.4) is 0 Å². The smallest absolute Gasteiger partial charge is 0.0726 e. The summed E-state index contributed by atoms with van der Waals surface area (Å²) in [5, 5.41) is 9.27. The Hall–Kier alpha value is -0.300. The Morgan fingerprint density at radius 2 is 2.42 bits per heavy atom. The van der Waals surface area contributed by atoms with Crippen molar-refractivity contribution in [3.05, 3.63) is 11.6 Å². The Morgan fingerprint density at radius 3 is 2.92 bits per heavy atom. The maximum Gasteiger partial charge on any atom is 0.0726 e. The largest absolute Gasteiger partial charge is 0.389 e. The summed E-state index contributed by atoms with van der Waals surface area (Å²) in [7, 11) is 0. The Bertz CT molecular complexity index is 160. The van der Waals surface area contributed by atoms with Crippen LogP contribution in [0.5, 0.6) is 0 Å². The van der Waals surface area contributed by atoms with Crippen molar-refractivity contribution in [1.29, 1.82) is 0 Å². The topological polar surface area (TPSA) is 20.2 Å². The van der Waals surface area contributed by atoms with E-state index in [1.165, 1.54) is 24.8 Å². The van der Waals surface area contributed by atoms with Crippen LogP contribution in [0.15, 0.2) is 11.6 Å². The Kier molecular flexibility index (Phi) is 3.80. The minimum Gasteiger partial charge on any atom is -0.389 e. The molecule has 1 aliphatic carbocycles. The van der Waals surface area contributed by atoms with E-state index in [9.17, 15) is 5.11 Å². The summed E-state index contributed by atoms with van der Waals surface area (Å²) < 4.78 is 0. The number of aliphatic hydroxyl groups is 1. The highest BCUT2D eigenvalue weighted by atomic mass is 16.3. The molecule has 1 rings (SSSR count). The lowest BCUT2D eigenvalue weighted by Crippen LogP contribution is -1.95. The van der Waals surface area contributed by atoms with Gasteiger partial charge in [-0.3, -0.25) is 0 Å². The van der Waals surface area contributed by atoms with Gasteiger partial charge in [-0.1, -0.05) is 38.3 Å². The Labute approximate surface area is 75.5 Å². The van der Waals surface area contributed by atoms with E-state index in [2.05, 4.69) is 13.8 Å². The van der Waals surface area contributed by atoms with Gasteiger partial charge in [0.05, 0.1) is 6.10 Å². The van der Waals surface area contributed by atoms with Gasteiger partial charge in [0.25, 0.3) is 0 Å². The molecule has 1 nitrogen and oxygen atoms in total. The van der Waals surface area contributed by atoms with Crippen molar-refractivity contribution < 1.29 is 5.11 Å². The van der Waals surface area contributed by atoms with Crippen molar-refractivity contribution in [2.45, 2.75) is 52.1 Å². The van der Waals surface area contributed by atoms with Crippen molar-refractivity contribution in [3.63, 3.8) is 0 Å². The first-order chi connectivity index (χ1) is 5.72. The summed E-state index contributed by atoms with van der Waals surface area (Å²) in [6.07, 6.45) is 7.76. The van der Waals surface area contributed by atoms with E-state index in [0.717, 1.165) is 18.8 Å². The molecule has 0 saturated carbocycles. The number of rotatable bonds is 4. The van der Waals surface area contributed by atoms with Crippen LogP contribution in [0.4, 0.5) is 0 Å². The maximum atomic E-state index is 9.27. The molecule has 0 aromatic carbocycles. The summed E-state index contributed by atoms with van der Waals surface area (Å²) >= 11 is 0. The SMILES string of the molecule is CCCC(C)CC1=CC(O)CC1. The highest BCUT2D eigenvalue weighted by Gasteiger charge is 2.14. The van der Waals surface area contributed by atoms with Gasteiger partial charge in [0.1, 0.15) is 0 Å². The van der Waals surface area contributed by atoms with Gasteiger partial charge in [-0.05, 0) is 25.2 Å². The van der Waals surface area contributed by atoms with E-state index in [1.54, 1.807) is 0 Å². The lowest BCUT2D eigenvalue weighted by molar-refractivity contribution is 0.223. The van der Waals surface area contributed by atoms with Crippen LogP contribution in [0, 0.1) is 5.92 Å². The van der Waals surface area contributed by atoms with Crippen LogP contribution in [-0.2, 0) is 0 Å². The molecule has 1 heteroatoms. The number of allylic oxidation sites excluding steroid dienone is 1. The highest BCUT2D eigenvalue weighted by molar-refractivity contribution is 5.12. The summed E-state index contributed by atoms with van der Waals surface area (Å²) in [5.74, 6) is 0.798. The van der Waals surface area contributed by atoms with Gasteiger partial charge in [-0.2, -0.15) is 0 Å². The van der Waals surface area contributed by atoms with Crippen molar-refractivity contribution in [1.82, 2.24) is 0 Å². The van der Waals surface area contributed by atoms with Gasteiger partial charge in [-0.15, -0.1) is 0 Å². The molecule has 0 spiro atoms. The zero-order valence-electron chi connectivity index (χ0n) is 8.21. The van der Waals surface area contributed by atoms with Gasteiger partial charge in [0, 0.05) is 0 Å². The minimum absolute atomic E-state index is 0.145. The highest BCUT2D eigenvalue weighted by Crippen LogP contribution is 2.26. The second-order valence-electron chi connectivity index (χ2n) is 4.03. The van der Waals surface area contributed by atoms with E-state index in [-0.39, 0.29) is 6.10 Å². The Balaban J connectivity index is 2.26. The third-order valence-corrected chi connectivity index (χ3v) is 2.58. The quantitative estimate of drug-likeness (QED) is 0.640. The molecule has 0 radical (unpaired) electrons. The average molecular weight is 168 g/mol. The monoisotopic (exact) mass is 168 g/mol. The van der Waals surface area contributed by atoms with E-state index in [0.29, 0.717) is 0 Å². The predicted molar refractivity (Wildman–Crippen MR) is 52.0 cm³/mol. The molecular weight excluding hydrogens is 148 g/mol. The third-order valence-electron chi connectivity index (χ3n) is 2.58. The molecule has 2 unspecified atom stereocenters. The Morgan fingerprint density at radius 1 is 1.67 bits per heavy atom. The standard InChI is InChI=1S/C11H20O/c1-3-4-9(2)7-10-5-6-11(12)8-10/h8-9,11-12H,3-7H2,1-2H3. The number of hydrogen-bond donors (Lipinski definition) is 1. The van der Waals surface area contributed by atoms with Crippen molar-refractivity contribution >= 4 is 0 Å². The first-order valence-corrected chi connectivity index (χ1v) is 5.10. The molecule has 0 bridgehead atoms. The van der Waals surface area contributed by atoms with Gasteiger partial charge >= 0.3 is 0 Å². The number of aliphatic hydroxyl groups excluding tert-OH is 1. The normalized spacial score (nSPS) is 25.6. The zero-order chi connectivity index (χ0) is 8.97. The van der Waals surface area contributed by atoms with E-state index < -0.39 is 0 Å². The number of hydrogen-bond acceptors (Lipinski definition) is 1. The average Bonchev–Trinajstić information content (AvgIpc) is 2.36. The van der Waals surface area contributed by atoms with Crippen molar-refractivity contribution in [3.8, 4) is 0 Å². The summed E-state index contributed by atoms with van der Waals surface area (Å²) in [6.45, 7) is 4.53. The molecule has 0 aromatic heterocycles. The summed E-state index contributed by atoms with van der Waals surface area (Å²) in [6, 6.07) is 0. The van der Waals surface area contributed by atoms with Gasteiger partial charge in [-0.25, -0.2) is 0 Å². The van der Waals surface area contributed by atoms with E-state index >= 15 is 0 Å². The maximum absolute atomic E-state index is 9.27. The molecule has 1 N–H and O–H groups in total. The van der Waals surface area contributed by atoms with Gasteiger partial charge < -0.3 is 5.11 Å². The summed E-state index contributed by atoms with van der Waals surface area (Å²) in [5.41, 5.74) is 1.48. The summed E-state index contributed by atoms with van der Waals surface area (Å²) in [4.78, 5) is 0. The van der Waals surface area contributed by atoms with Crippen LogP contribution < -0.4 is 0 Å². The lowest BCUT2D eigenvalue weighted by Gasteiger charge is -2.09. The molecule has 0 saturated heterocycles. The third kappa shape index (κ3) is 2.98. The van der Waals surface area contributed by atoms with Crippen LogP contribution >= 0.6 is 0 Å². The van der Waals surface area contributed by atoms with Gasteiger partial charge in [0.15, 0.2) is 0 Å². The molecule has 2 atom stereocenters. The van der Waals surface area contributed by atoms with Crippen LogP contribution in [0.2, 0.25) is 0 Å². The molecule has 0 heterocycles. The lowest BCUT2D eigenvalue weighted by atomic mass is 9.97. The molecule has 0 aromatic rings. The van der Waals surface area contributed by atoms with Gasteiger partial charge in [0.2, 0.25) is 0 Å². The minimum atomic E-state index is -0.145. The molecule has 12 heavy (non-hydrogen) atoms. The molecule has 0 aliphatic heterocycles. The first kappa shape index (κ1) is 9.79. The van der Waals surface area contributed by atoms with E-state index in [4.69, 9.17) is 0 Å². The fourth-order valence-corrected chi connectivity index (χ4v) is 1.98. The molecule has 1 aliphatic rings. The van der Waals surface area contributed by atoms with Crippen molar-refractivity contribution in [2.24, 2.45) is 5.92 Å². The first-order valence-electron chi connectivity index (χ1n) is 5.10. The van der Waals surface area contributed by atoms with Crippen LogP contribution in [0.25, 0.3) is 0 Å². The molecular formula is C11H20O. The fraction of sp³-hybridized carbons (Fsp3) is 0.818. The second kappa shape index (κ2) is 4.66. The van der Waals surface area contributed by atoms with Crippen LogP contribution in [-0.4, -0.2) is 11.2 Å². The fourth-order valence-electron chi connectivity index (χ4n) is 1.98. The molecule has 0 fully saturated rings. The molecule has 70 valence electrons. The van der Waals surface area contributed by atoms with Crippen LogP contribution in [0.1, 0.15) is 46.0 Å². The molecule has 0 amide bonds. The van der Waals surface area contributed by atoms with Crippen molar-refractivity contribution in [2.75, 3.05) is 0 Å².